The number of nitrogens with one attached hydrogen (secondary N) is 1. The summed E-state index contributed by atoms with van der Waals surface area (Å²) in [7, 11) is 3.85. The highest BCUT2D eigenvalue weighted by Gasteiger charge is 2.37. The molecule has 26 heavy (non-hydrogen) atoms. The van der Waals surface area contributed by atoms with Gasteiger partial charge in [0.05, 0.1) is 20.8 Å². The minimum atomic E-state index is -4.74. The summed E-state index contributed by atoms with van der Waals surface area (Å²) in [5.74, 6) is -0.982. The Hall–Kier alpha value is -2.98. The van der Waals surface area contributed by atoms with Crippen LogP contribution in [0.25, 0.3) is 0 Å². The van der Waals surface area contributed by atoms with E-state index >= 15 is 0 Å². The predicted molar refractivity (Wildman–Crippen MR) is 84.3 cm³/mol. The first-order valence-electron chi connectivity index (χ1n) is 7.39. The van der Waals surface area contributed by atoms with Gasteiger partial charge in [-0.3, -0.25) is 9.36 Å². The molecule has 0 atom stereocenters. The lowest BCUT2D eigenvalue weighted by Gasteiger charge is -2.09. The Bertz CT molecular complexity index is 835. The van der Waals surface area contributed by atoms with Crippen molar-refractivity contribution >= 4 is 5.91 Å². The summed E-state index contributed by atoms with van der Waals surface area (Å²) in [6, 6.07) is 4.54. The molecular weight excluding hydrogens is 357 g/mol. The Kier molecular flexibility index (Phi) is 5.58. The molecule has 0 radical (unpaired) electrons. The van der Waals surface area contributed by atoms with E-state index < -0.39 is 23.6 Å². The largest absolute Gasteiger partial charge is 0.497 e. The van der Waals surface area contributed by atoms with E-state index in [2.05, 4.69) is 10.4 Å². The minimum absolute atomic E-state index is 0.0907. The second kappa shape index (κ2) is 7.50. The first-order valence-corrected chi connectivity index (χ1v) is 7.39. The third-order valence-corrected chi connectivity index (χ3v) is 3.52. The van der Waals surface area contributed by atoms with Crippen molar-refractivity contribution in [3.05, 3.63) is 40.1 Å². The van der Waals surface area contributed by atoms with Crippen molar-refractivity contribution in [2.75, 3.05) is 20.8 Å². The fourth-order valence-corrected chi connectivity index (χ4v) is 2.20. The number of hydrogen-bond donors (Lipinski definition) is 1. The zero-order valence-electron chi connectivity index (χ0n) is 14.3. The number of halogens is 3. The van der Waals surface area contributed by atoms with Crippen molar-refractivity contribution in [2.45, 2.75) is 12.7 Å². The van der Waals surface area contributed by atoms with Crippen LogP contribution in [-0.4, -0.2) is 41.0 Å². The number of carbonyl (C=O) groups is 1. The first-order chi connectivity index (χ1) is 12.2. The third-order valence-electron chi connectivity index (χ3n) is 3.52. The Balaban J connectivity index is 2.07. The van der Waals surface area contributed by atoms with Gasteiger partial charge in [-0.05, 0) is 12.1 Å². The van der Waals surface area contributed by atoms with Gasteiger partial charge in [0.25, 0.3) is 5.91 Å². The highest BCUT2D eigenvalue weighted by molar-refractivity contribution is 5.95. The zero-order chi connectivity index (χ0) is 19.5. The average molecular weight is 374 g/mol. The molecule has 2 rings (SSSR count). The van der Waals surface area contributed by atoms with Crippen molar-refractivity contribution in [1.29, 1.82) is 0 Å². The fraction of sp³-hybridized carbons (Fsp3) is 0.400. The van der Waals surface area contributed by atoms with E-state index in [1.54, 1.807) is 6.07 Å². The molecule has 0 unspecified atom stereocenters. The molecule has 142 valence electrons. The van der Waals surface area contributed by atoms with Crippen LogP contribution in [0.2, 0.25) is 0 Å². The minimum Gasteiger partial charge on any atom is -0.497 e. The van der Waals surface area contributed by atoms with E-state index in [4.69, 9.17) is 9.47 Å². The molecule has 0 saturated carbocycles. The van der Waals surface area contributed by atoms with E-state index in [1.807, 2.05) is 0 Å². The number of aromatic nitrogens is 3. The standard InChI is InChI=1S/C15H17F3N4O4/c1-21-13(15(16,17)18)20-22(14(21)24)5-4-19-12(23)9-6-10(25-2)8-11(7-9)26-3/h6-8H,4-5H2,1-3H3,(H,19,23). The van der Waals surface area contributed by atoms with Gasteiger partial charge in [0.15, 0.2) is 0 Å². The molecule has 1 aromatic carbocycles. The Morgan fingerprint density at radius 3 is 2.23 bits per heavy atom. The quantitative estimate of drug-likeness (QED) is 0.817. The van der Waals surface area contributed by atoms with Gasteiger partial charge in [0.2, 0.25) is 5.82 Å². The Labute approximate surface area is 146 Å². The van der Waals surface area contributed by atoms with Gasteiger partial charge in [-0.1, -0.05) is 0 Å². The Morgan fingerprint density at radius 1 is 1.19 bits per heavy atom. The molecule has 1 N–H and O–H groups in total. The van der Waals surface area contributed by atoms with Crippen LogP contribution < -0.4 is 20.5 Å². The van der Waals surface area contributed by atoms with Crippen LogP contribution in [0.5, 0.6) is 11.5 Å². The van der Waals surface area contributed by atoms with Gasteiger partial charge in [-0.25, -0.2) is 9.48 Å². The van der Waals surface area contributed by atoms with E-state index in [0.717, 1.165) is 7.05 Å². The molecule has 0 aliphatic heterocycles. The maximum atomic E-state index is 12.7. The number of benzene rings is 1. The van der Waals surface area contributed by atoms with Gasteiger partial charge in [-0.2, -0.15) is 13.2 Å². The average Bonchev–Trinajstić information content (AvgIpc) is 2.89. The summed E-state index contributed by atoms with van der Waals surface area (Å²) in [6.07, 6.45) is -4.74. The second-order valence-electron chi connectivity index (χ2n) is 5.24. The number of rotatable bonds is 6. The summed E-state index contributed by atoms with van der Waals surface area (Å²) in [5, 5.41) is 5.76. The summed E-state index contributed by atoms with van der Waals surface area (Å²) >= 11 is 0. The number of methoxy groups -OCH3 is 2. The molecule has 1 amide bonds. The van der Waals surface area contributed by atoms with E-state index in [1.165, 1.54) is 26.4 Å². The number of alkyl halides is 3. The molecule has 1 aromatic heterocycles. The number of ether oxygens (including phenoxy) is 2. The second-order valence-corrected chi connectivity index (χ2v) is 5.24. The fourth-order valence-electron chi connectivity index (χ4n) is 2.20. The highest BCUT2D eigenvalue weighted by atomic mass is 19.4. The van der Waals surface area contributed by atoms with Crippen molar-refractivity contribution < 1.29 is 27.4 Å². The summed E-state index contributed by atoms with van der Waals surface area (Å²) in [4.78, 5) is 23.9. The molecule has 0 bridgehead atoms. The van der Waals surface area contributed by atoms with Crippen molar-refractivity contribution in [2.24, 2.45) is 7.05 Å². The van der Waals surface area contributed by atoms with Crippen molar-refractivity contribution in [3.63, 3.8) is 0 Å². The summed E-state index contributed by atoms with van der Waals surface area (Å²) in [6.45, 7) is -0.303. The van der Waals surface area contributed by atoms with Crippen LogP contribution in [-0.2, 0) is 19.8 Å². The maximum absolute atomic E-state index is 12.7. The van der Waals surface area contributed by atoms with Gasteiger partial charge in [-0.15, -0.1) is 5.10 Å². The predicted octanol–water partition coefficient (Wildman–Crippen LogP) is 1.05. The maximum Gasteiger partial charge on any atom is 0.451 e. The molecule has 0 saturated heterocycles. The Morgan fingerprint density at radius 2 is 1.77 bits per heavy atom. The number of hydrogen-bond acceptors (Lipinski definition) is 5. The van der Waals surface area contributed by atoms with Crippen LogP contribution in [0.4, 0.5) is 13.2 Å². The van der Waals surface area contributed by atoms with Gasteiger partial charge in [0, 0.05) is 25.2 Å². The number of amides is 1. The first kappa shape index (κ1) is 19.3. The van der Waals surface area contributed by atoms with E-state index in [-0.39, 0.29) is 18.7 Å². The number of nitrogens with zero attached hydrogens (tertiary/aromatic N) is 3. The van der Waals surface area contributed by atoms with Gasteiger partial charge < -0.3 is 14.8 Å². The van der Waals surface area contributed by atoms with Crippen LogP contribution >= 0.6 is 0 Å². The summed E-state index contributed by atoms with van der Waals surface area (Å²) in [5.41, 5.74) is -0.680. The van der Waals surface area contributed by atoms with Crippen LogP contribution in [0.1, 0.15) is 16.2 Å². The molecule has 1 heterocycles. The molecular formula is C15H17F3N4O4. The van der Waals surface area contributed by atoms with Crippen LogP contribution in [0.15, 0.2) is 23.0 Å². The molecule has 0 fully saturated rings. The lowest BCUT2D eigenvalue weighted by Crippen LogP contribution is -2.31. The SMILES string of the molecule is COc1cc(OC)cc(C(=O)NCCn2nc(C(F)(F)F)n(C)c2=O)c1. The molecule has 8 nitrogen and oxygen atoms in total. The summed E-state index contributed by atoms with van der Waals surface area (Å²) < 4.78 is 49.4. The normalized spacial score (nSPS) is 11.3. The number of carbonyl (C=O) groups excluding carboxylic acids is 1. The monoisotopic (exact) mass is 374 g/mol. The van der Waals surface area contributed by atoms with Crippen molar-refractivity contribution in [3.8, 4) is 11.5 Å². The van der Waals surface area contributed by atoms with Gasteiger partial charge in [0.1, 0.15) is 11.5 Å². The molecule has 0 spiro atoms. The highest BCUT2D eigenvalue weighted by Crippen LogP contribution is 2.26. The lowest BCUT2D eigenvalue weighted by molar-refractivity contribution is -0.147. The van der Waals surface area contributed by atoms with Gasteiger partial charge >= 0.3 is 11.9 Å². The zero-order valence-corrected chi connectivity index (χ0v) is 14.3. The third kappa shape index (κ3) is 4.16. The molecule has 11 heteroatoms. The van der Waals surface area contributed by atoms with E-state index in [0.29, 0.717) is 20.7 Å². The van der Waals surface area contributed by atoms with Crippen LogP contribution in [0.3, 0.4) is 0 Å². The van der Waals surface area contributed by atoms with Crippen molar-refractivity contribution in [1.82, 2.24) is 19.7 Å². The molecule has 0 aliphatic rings. The molecule has 0 aliphatic carbocycles. The lowest BCUT2D eigenvalue weighted by atomic mass is 10.2. The topological polar surface area (TPSA) is 87.4 Å². The van der Waals surface area contributed by atoms with E-state index in [9.17, 15) is 22.8 Å². The molecule has 2 aromatic rings. The van der Waals surface area contributed by atoms with Crippen LogP contribution in [0, 0.1) is 0 Å². The smallest absolute Gasteiger partial charge is 0.451 e.